The molecule has 4 heterocycles. The van der Waals surface area contributed by atoms with Gasteiger partial charge in [0, 0.05) is 18.0 Å². The van der Waals surface area contributed by atoms with Gasteiger partial charge in [-0.05, 0) is 50.1 Å². The molecule has 10 heteroatoms. The van der Waals surface area contributed by atoms with E-state index in [4.69, 9.17) is 9.40 Å². The fourth-order valence-corrected chi connectivity index (χ4v) is 4.47. The van der Waals surface area contributed by atoms with Crippen LogP contribution in [0.2, 0.25) is 0 Å². The topological polar surface area (TPSA) is 120 Å². The largest absolute Gasteiger partial charge is 0.450 e. The minimum Gasteiger partial charge on any atom is -0.450 e. The van der Waals surface area contributed by atoms with E-state index in [9.17, 15) is 9.59 Å². The Kier molecular flexibility index (Phi) is 5.93. The molecule has 0 fully saturated rings. The van der Waals surface area contributed by atoms with Crippen LogP contribution in [0.4, 0.5) is 0 Å². The average molecular weight is 516 g/mol. The number of hydrogen-bond donors (Lipinski definition) is 1. The summed E-state index contributed by atoms with van der Waals surface area (Å²) in [6, 6.07) is 15.6. The van der Waals surface area contributed by atoms with Crippen LogP contribution in [-0.2, 0) is 0 Å². The standard InChI is InChI=1S/C29H21N7O3/c1-18-24(27-30-14-7-15-35(27)34-18)28(37)32-19(2)26-33-23-11-6-8-20(12-13-21-16-39-17-31-21)25(23)29(38)36(26)22-9-4-3-5-10-22/h3-11,14-17,19H,1-2H3,(H,32,37)/t19-/m1/s1. The van der Waals surface area contributed by atoms with Crippen LogP contribution < -0.4 is 10.9 Å². The summed E-state index contributed by atoms with van der Waals surface area (Å²) in [5.74, 6) is 5.94. The van der Waals surface area contributed by atoms with E-state index in [0.29, 0.717) is 50.6 Å². The molecule has 1 N–H and O–H groups in total. The minimum absolute atomic E-state index is 0.304. The second-order valence-corrected chi connectivity index (χ2v) is 8.81. The Labute approximate surface area is 222 Å². The maximum Gasteiger partial charge on any atom is 0.267 e. The number of benzene rings is 2. The number of fused-ring (bicyclic) bond motifs is 2. The molecule has 4 aromatic heterocycles. The van der Waals surface area contributed by atoms with E-state index in [-0.39, 0.29) is 11.5 Å². The lowest BCUT2D eigenvalue weighted by atomic mass is 10.1. The van der Waals surface area contributed by atoms with E-state index >= 15 is 0 Å². The number of rotatable bonds is 4. The van der Waals surface area contributed by atoms with Gasteiger partial charge in [0.05, 0.1) is 28.3 Å². The lowest BCUT2D eigenvalue weighted by molar-refractivity contribution is 0.0938. The molecule has 0 aliphatic heterocycles. The summed E-state index contributed by atoms with van der Waals surface area (Å²) in [6.45, 7) is 3.54. The summed E-state index contributed by atoms with van der Waals surface area (Å²) in [7, 11) is 0. The van der Waals surface area contributed by atoms with Crippen LogP contribution in [0.25, 0.3) is 22.2 Å². The monoisotopic (exact) mass is 515 g/mol. The van der Waals surface area contributed by atoms with Crippen molar-refractivity contribution in [3.05, 3.63) is 118 Å². The molecule has 6 aromatic rings. The van der Waals surface area contributed by atoms with Gasteiger partial charge in [0.1, 0.15) is 17.7 Å². The second kappa shape index (κ2) is 9.72. The molecule has 0 aliphatic rings. The van der Waals surface area contributed by atoms with Crippen molar-refractivity contribution in [3.8, 4) is 17.5 Å². The molecule has 0 saturated heterocycles. The fraction of sp³-hybridized carbons (Fsp3) is 0.103. The summed E-state index contributed by atoms with van der Waals surface area (Å²) >= 11 is 0. The van der Waals surface area contributed by atoms with Crippen molar-refractivity contribution >= 4 is 22.5 Å². The predicted octanol–water partition coefficient (Wildman–Crippen LogP) is 3.62. The van der Waals surface area contributed by atoms with Crippen LogP contribution >= 0.6 is 0 Å². The molecule has 0 aliphatic carbocycles. The zero-order valence-electron chi connectivity index (χ0n) is 21.0. The van der Waals surface area contributed by atoms with Gasteiger partial charge in [-0.1, -0.05) is 30.2 Å². The summed E-state index contributed by atoms with van der Waals surface area (Å²) in [5, 5.41) is 7.73. The summed E-state index contributed by atoms with van der Waals surface area (Å²) < 4.78 is 8.06. The highest BCUT2D eigenvalue weighted by atomic mass is 16.3. The smallest absolute Gasteiger partial charge is 0.267 e. The minimum atomic E-state index is -0.641. The Balaban J connectivity index is 1.48. The van der Waals surface area contributed by atoms with Crippen molar-refractivity contribution in [3.63, 3.8) is 0 Å². The third kappa shape index (κ3) is 4.32. The Hall–Kier alpha value is -5.56. The Morgan fingerprint density at radius 2 is 1.90 bits per heavy atom. The van der Waals surface area contributed by atoms with E-state index in [1.807, 2.05) is 30.3 Å². The first-order chi connectivity index (χ1) is 19.0. The SMILES string of the molecule is Cc1nn2cccnc2c1C(=O)N[C@H](C)c1nc2cccc(C#Cc3cocn3)c2c(=O)n1-c1ccccc1. The highest BCUT2D eigenvalue weighted by Gasteiger charge is 2.24. The van der Waals surface area contributed by atoms with Crippen LogP contribution in [0.5, 0.6) is 0 Å². The fourth-order valence-electron chi connectivity index (χ4n) is 4.47. The molecule has 0 unspecified atom stereocenters. The first-order valence-corrected chi connectivity index (χ1v) is 12.1. The third-order valence-corrected chi connectivity index (χ3v) is 6.23. The van der Waals surface area contributed by atoms with Crippen molar-refractivity contribution in [1.82, 2.24) is 34.4 Å². The molecule has 6 rings (SSSR count). The molecule has 1 amide bonds. The number of aryl methyl sites for hydroxylation is 1. The van der Waals surface area contributed by atoms with Gasteiger partial charge in [-0.3, -0.25) is 14.2 Å². The predicted molar refractivity (Wildman–Crippen MR) is 143 cm³/mol. The lowest BCUT2D eigenvalue weighted by Crippen LogP contribution is -2.33. The Morgan fingerprint density at radius 1 is 1.05 bits per heavy atom. The van der Waals surface area contributed by atoms with Gasteiger partial charge in [0.15, 0.2) is 17.7 Å². The molecule has 10 nitrogen and oxygen atoms in total. The number of oxazole rings is 1. The number of carbonyl (C=O) groups is 1. The molecule has 1 atom stereocenters. The zero-order chi connectivity index (χ0) is 26.9. The maximum atomic E-state index is 14.1. The molecule has 39 heavy (non-hydrogen) atoms. The first-order valence-electron chi connectivity index (χ1n) is 12.1. The second-order valence-electron chi connectivity index (χ2n) is 8.81. The molecule has 190 valence electrons. The summed E-state index contributed by atoms with van der Waals surface area (Å²) in [4.78, 5) is 40.7. The molecular weight excluding hydrogens is 494 g/mol. The number of aromatic nitrogens is 6. The molecule has 0 spiro atoms. The molecule has 0 saturated carbocycles. The van der Waals surface area contributed by atoms with Crippen molar-refractivity contribution < 1.29 is 9.21 Å². The summed E-state index contributed by atoms with van der Waals surface area (Å²) in [6.07, 6.45) is 6.07. The van der Waals surface area contributed by atoms with Gasteiger partial charge in [-0.25, -0.2) is 19.5 Å². The number of amides is 1. The number of nitrogens with zero attached hydrogens (tertiary/aromatic N) is 6. The van der Waals surface area contributed by atoms with Gasteiger partial charge in [-0.2, -0.15) is 5.10 Å². The van der Waals surface area contributed by atoms with Crippen molar-refractivity contribution in [2.45, 2.75) is 19.9 Å². The van der Waals surface area contributed by atoms with Gasteiger partial charge < -0.3 is 9.73 Å². The van der Waals surface area contributed by atoms with Crippen LogP contribution in [0.1, 0.15) is 46.1 Å². The molecular formula is C29H21N7O3. The molecule has 0 bridgehead atoms. The number of hydrogen-bond acceptors (Lipinski definition) is 7. The van der Waals surface area contributed by atoms with Crippen LogP contribution in [-0.4, -0.2) is 35.0 Å². The van der Waals surface area contributed by atoms with E-state index in [1.165, 1.54) is 17.2 Å². The van der Waals surface area contributed by atoms with Gasteiger partial charge >= 0.3 is 0 Å². The van der Waals surface area contributed by atoms with Crippen LogP contribution in [0.3, 0.4) is 0 Å². The van der Waals surface area contributed by atoms with E-state index in [1.54, 1.807) is 55.0 Å². The maximum absolute atomic E-state index is 14.1. The quantitative estimate of drug-likeness (QED) is 0.356. The zero-order valence-corrected chi connectivity index (χ0v) is 21.0. The molecule has 0 radical (unpaired) electrons. The lowest BCUT2D eigenvalue weighted by Gasteiger charge is -2.20. The van der Waals surface area contributed by atoms with Gasteiger partial charge in [0.2, 0.25) is 0 Å². The van der Waals surface area contributed by atoms with Crippen molar-refractivity contribution in [2.75, 3.05) is 0 Å². The Morgan fingerprint density at radius 3 is 2.69 bits per heavy atom. The summed E-state index contributed by atoms with van der Waals surface area (Å²) in [5.41, 5.74) is 3.08. The van der Waals surface area contributed by atoms with Crippen molar-refractivity contribution in [2.24, 2.45) is 0 Å². The van der Waals surface area contributed by atoms with E-state index in [2.05, 4.69) is 32.2 Å². The number of carbonyl (C=O) groups excluding carboxylic acids is 1. The first kappa shape index (κ1) is 23.8. The number of nitrogens with one attached hydrogen (secondary N) is 1. The van der Waals surface area contributed by atoms with Crippen LogP contribution in [0, 0.1) is 18.8 Å². The van der Waals surface area contributed by atoms with E-state index < -0.39 is 6.04 Å². The Bertz CT molecular complexity index is 1960. The van der Waals surface area contributed by atoms with Gasteiger partial charge in [-0.15, -0.1) is 0 Å². The third-order valence-electron chi connectivity index (χ3n) is 6.23. The van der Waals surface area contributed by atoms with Crippen LogP contribution in [0.15, 0.2) is 88.9 Å². The molecule has 2 aromatic carbocycles. The highest BCUT2D eigenvalue weighted by molar-refractivity contribution is 6.01. The number of para-hydroxylation sites is 1. The van der Waals surface area contributed by atoms with Gasteiger partial charge in [0.25, 0.3) is 11.5 Å². The van der Waals surface area contributed by atoms with E-state index in [0.717, 1.165) is 0 Å². The highest BCUT2D eigenvalue weighted by Crippen LogP contribution is 2.21. The average Bonchev–Trinajstić information content (AvgIpc) is 3.59. The normalized spacial score (nSPS) is 11.7. The van der Waals surface area contributed by atoms with Crippen molar-refractivity contribution in [1.29, 1.82) is 0 Å².